The molecule has 0 spiro atoms. The number of carbonyl (C=O) groups excluding carboxylic acids is 1. The van der Waals surface area contributed by atoms with Crippen LogP contribution in [0.2, 0.25) is 0 Å². The van der Waals surface area contributed by atoms with E-state index in [1.54, 1.807) is 47.1 Å². The lowest BCUT2D eigenvalue weighted by molar-refractivity contribution is 0.0691. The van der Waals surface area contributed by atoms with E-state index in [9.17, 15) is 14.7 Å². The zero-order chi connectivity index (χ0) is 20.5. The van der Waals surface area contributed by atoms with Crippen molar-refractivity contribution in [1.29, 1.82) is 0 Å². The standard InChI is InChI=1S/C19H16N6O4/c1-23-17(13(10-21-23)19(27)28)18(26)25(14-5-3-4-6-15(14)29-2)12-7-8-24-16(9-12)20-11-22-24/h3-11H,1-2H3,(H,27,28). The highest BCUT2D eigenvalue weighted by Crippen LogP contribution is 2.35. The number of carbonyl (C=O) groups is 2. The Morgan fingerprint density at radius 2 is 1.97 bits per heavy atom. The topological polar surface area (TPSA) is 115 Å². The first-order chi connectivity index (χ1) is 14.0. The smallest absolute Gasteiger partial charge is 0.339 e. The summed E-state index contributed by atoms with van der Waals surface area (Å²) >= 11 is 0. The number of hydrogen-bond donors (Lipinski definition) is 1. The van der Waals surface area contributed by atoms with E-state index < -0.39 is 11.9 Å². The molecular formula is C19H16N6O4. The number of aromatic nitrogens is 5. The number of rotatable bonds is 5. The lowest BCUT2D eigenvalue weighted by Gasteiger charge is -2.25. The number of benzene rings is 1. The molecule has 1 aromatic carbocycles. The maximum atomic E-state index is 13.6. The molecule has 0 unspecified atom stereocenters. The van der Waals surface area contributed by atoms with Crippen LogP contribution in [-0.2, 0) is 7.05 Å². The van der Waals surface area contributed by atoms with Gasteiger partial charge >= 0.3 is 5.97 Å². The first-order valence-electron chi connectivity index (χ1n) is 8.53. The highest BCUT2D eigenvalue weighted by atomic mass is 16.5. The van der Waals surface area contributed by atoms with Crippen LogP contribution in [0, 0.1) is 0 Å². The molecule has 0 saturated heterocycles. The molecule has 1 N–H and O–H groups in total. The van der Waals surface area contributed by atoms with Gasteiger partial charge in [0.1, 0.15) is 23.3 Å². The number of aromatic carboxylic acids is 1. The molecule has 0 aliphatic heterocycles. The molecule has 10 nitrogen and oxygen atoms in total. The number of ether oxygens (including phenoxy) is 1. The summed E-state index contributed by atoms with van der Waals surface area (Å²) in [6.07, 6.45) is 4.21. The van der Waals surface area contributed by atoms with E-state index >= 15 is 0 Å². The van der Waals surface area contributed by atoms with Gasteiger partial charge in [-0.15, -0.1) is 0 Å². The summed E-state index contributed by atoms with van der Waals surface area (Å²) in [5.41, 5.74) is 1.18. The van der Waals surface area contributed by atoms with Crippen molar-refractivity contribution in [2.75, 3.05) is 12.0 Å². The largest absolute Gasteiger partial charge is 0.495 e. The second kappa shape index (κ2) is 7.08. The van der Waals surface area contributed by atoms with Crippen molar-refractivity contribution < 1.29 is 19.4 Å². The number of anilines is 2. The van der Waals surface area contributed by atoms with Crippen LogP contribution in [0.4, 0.5) is 11.4 Å². The second-order valence-corrected chi connectivity index (χ2v) is 6.10. The molecule has 0 saturated carbocycles. The quantitative estimate of drug-likeness (QED) is 0.553. The third kappa shape index (κ3) is 3.06. The number of aryl methyl sites for hydroxylation is 1. The Morgan fingerprint density at radius 3 is 2.72 bits per heavy atom. The molecule has 0 aliphatic carbocycles. The molecule has 4 aromatic rings. The van der Waals surface area contributed by atoms with Crippen molar-refractivity contribution in [1.82, 2.24) is 24.4 Å². The Balaban J connectivity index is 1.94. The minimum Gasteiger partial charge on any atom is -0.495 e. The number of nitrogens with zero attached hydrogens (tertiary/aromatic N) is 6. The number of carboxylic acids is 1. The van der Waals surface area contributed by atoms with E-state index in [4.69, 9.17) is 4.74 Å². The molecule has 146 valence electrons. The minimum absolute atomic E-state index is 0.0650. The van der Waals surface area contributed by atoms with Crippen LogP contribution < -0.4 is 9.64 Å². The van der Waals surface area contributed by atoms with Gasteiger partial charge in [0.05, 0.1) is 24.7 Å². The predicted octanol–water partition coefficient (Wildman–Crippen LogP) is 2.15. The Hall–Kier alpha value is -4.21. The Kier molecular flexibility index (Phi) is 4.43. The lowest BCUT2D eigenvalue weighted by atomic mass is 10.1. The number of amides is 1. The highest BCUT2D eigenvalue weighted by molar-refractivity contribution is 6.15. The van der Waals surface area contributed by atoms with Crippen molar-refractivity contribution in [3.63, 3.8) is 0 Å². The fourth-order valence-electron chi connectivity index (χ4n) is 3.08. The van der Waals surface area contributed by atoms with Gasteiger partial charge in [0.2, 0.25) is 0 Å². The van der Waals surface area contributed by atoms with Gasteiger partial charge in [-0.3, -0.25) is 14.4 Å². The number of pyridine rings is 1. The van der Waals surface area contributed by atoms with Crippen molar-refractivity contribution in [2.45, 2.75) is 0 Å². The van der Waals surface area contributed by atoms with Gasteiger partial charge in [0.15, 0.2) is 5.65 Å². The molecule has 4 rings (SSSR count). The summed E-state index contributed by atoms with van der Waals surface area (Å²) in [7, 11) is 3.01. The van der Waals surface area contributed by atoms with Crippen LogP contribution in [0.25, 0.3) is 5.65 Å². The predicted molar refractivity (Wildman–Crippen MR) is 103 cm³/mol. The zero-order valence-electron chi connectivity index (χ0n) is 15.6. The van der Waals surface area contributed by atoms with Gasteiger partial charge in [-0.1, -0.05) is 12.1 Å². The average molecular weight is 392 g/mol. The van der Waals surface area contributed by atoms with Gasteiger partial charge in [-0.2, -0.15) is 10.2 Å². The summed E-state index contributed by atoms with van der Waals surface area (Å²) in [6.45, 7) is 0. The number of hydrogen-bond acceptors (Lipinski definition) is 6. The first-order valence-corrected chi connectivity index (χ1v) is 8.53. The van der Waals surface area contributed by atoms with E-state index in [0.29, 0.717) is 22.8 Å². The normalized spacial score (nSPS) is 10.8. The number of para-hydroxylation sites is 2. The van der Waals surface area contributed by atoms with Gasteiger partial charge in [0, 0.05) is 19.3 Å². The molecule has 10 heteroatoms. The van der Waals surface area contributed by atoms with E-state index in [2.05, 4.69) is 15.2 Å². The van der Waals surface area contributed by atoms with Crippen LogP contribution in [0.3, 0.4) is 0 Å². The van der Waals surface area contributed by atoms with Crippen LogP contribution >= 0.6 is 0 Å². The molecule has 0 aliphatic rings. The van der Waals surface area contributed by atoms with Crippen LogP contribution in [-0.4, -0.2) is 48.5 Å². The van der Waals surface area contributed by atoms with Crippen molar-refractivity contribution in [3.8, 4) is 5.75 Å². The fraction of sp³-hybridized carbons (Fsp3) is 0.105. The third-order valence-corrected chi connectivity index (χ3v) is 4.42. The Bertz CT molecular complexity index is 1230. The van der Waals surface area contributed by atoms with Crippen LogP contribution in [0.5, 0.6) is 5.75 Å². The summed E-state index contributed by atoms with van der Waals surface area (Å²) in [6, 6.07) is 10.3. The molecule has 0 bridgehead atoms. The molecule has 3 aromatic heterocycles. The Labute approximate surface area is 164 Å². The third-order valence-electron chi connectivity index (χ3n) is 4.42. The second-order valence-electron chi connectivity index (χ2n) is 6.10. The van der Waals surface area contributed by atoms with Crippen molar-refractivity contribution in [2.24, 2.45) is 7.05 Å². The van der Waals surface area contributed by atoms with Gasteiger partial charge < -0.3 is 9.84 Å². The maximum absolute atomic E-state index is 13.6. The van der Waals surface area contributed by atoms with E-state index in [0.717, 1.165) is 6.20 Å². The maximum Gasteiger partial charge on any atom is 0.339 e. The molecule has 0 radical (unpaired) electrons. The van der Waals surface area contributed by atoms with Crippen LogP contribution in [0.1, 0.15) is 20.8 Å². The molecule has 0 fully saturated rings. The Morgan fingerprint density at radius 1 is 1.17 bits per heavy atom. The summed E-state index contributed by atoms with van der Waals surface area (Å²) in [4.78, 5) is 30.8. The van der Waals surface area contributed by atoms with Gasteiger partial charge in [-0.05, 0) is 18.2 Å². The van der Waals surface area contributed by atoms with Crippen molar-refractivity contribution >= 4 is 28.9 Å². The zero-order valence-corrected chi connectivity index (χ0v) is 15.6. The van der Waals surface area contributed by atoms with Crippen LogP contribution in [0.15, 0.2) is 55.1 Å². The summed E-state index contributed by atoms with van der Waals surface area (Å²) in [5.74, 6) is -1.37. The number of methoxy groups -OCH3 is 1. The summed E-state index contributed by atoms with van der Waals surface area (Å²) < 4.78 is 8.23. The molecular weight excluding hydrogens is 376 g/mol. The first kappa shape index (κ1) is 18.2. The van der Waals surface area contributed by atoms with Gasteiger partial charge in [-0.25, -0.2) is 14.3 Å². The SMILES string of the molecule is COc1ccccc1N(C(=O)c1c(C(=O)O)cnn1C)c1ccn2ncnc2c1. The molecule has 29 heavy (non-hydrogen) atoms. The average Bonchev–Trinajstić information content (AvgIpc) is 3.34. The highest BCUT2D eigenvalue weighted by Gasteiger charge is 2.30. The van der Waals surface area contributed by atoms with Crippen molar-refractivity contribution in [3.05, 3.63) is 66.4 Å². The molecule has 1 amide bonds. The minimum atomic E-state index is -1.24. The van der Waals surface area contributed by atoms with E-state index in [1.807, 2.05) is 0 Å². The molecule has 3 heterocycles. The number of carboxylic acid groups (broad SMARTS) is 1. The van der Waals surface area contributed by atoms with E-state index in [1.165, 1.54) is 30.1 Å². The molecule has 0 atom stereocenters. The summed E-state index contributed by atoms with van der Waals surface area (Å²) in [5, 5.41) is 17.5. The lowest BCUT2D eigenvalue weighted by Crippen LogP contribution is -2.30. The fourth-order valence-corrected chi connectivity index (χ4v) is 3.08. The van der Waals surface area contributed by atoms with E-state index in [-0.39, 0.29) is 11.3 Å². The number of fused-ring (bicyclic) bond motifs is 1. The monoisotopic (exact) mass is 392 g/mol. The van der Waals surface area contributed by atoms with Gasteiger partial charge in [0.25, 0.3) is 5.91 Å².